The van der Waals surface area contributed by atoms with Crippen LogP contribution in [-0.2, 0) is 20.9 Å². The number of nitrogens with one attached hydrogen (secondary N) is 1. The molecule has 0 bridgehead atoms. The van der Waals surface area contributed by atoms with E-state index in [0.29, 0.717) is 11.5 Å². The highest BCUT2D eigenvalue weighted by Crippen LogP contribution is 2.32. The number of amides is 1. The van der Waals surface area contributed by atoms with Gasteiger partial charge < -0.3 is 30.7 Å². The van der Waals surface area contributed by atoms with Gasteiger partial charge in [0.25, 0.3) is 0 Å². The van der Waals surface area contributed by atoms with Crippen molar-refractivity contribution in [3.63, 3.8) is 0 Å². The van der Waals surface area contributed by atoms with Crippen LogP contribution in [0, 0.1) is 0 Å². The highest BCUT2D eigenvalue weighted by Gasteiger charge is 2.38. The van der Waals surface area contributed by atoms with Gasteiger partial charge in [0.2, 0.25) is 12.7 Å². The van der Waals surface area contributed by atoms with E-state index < -0.39 is 36.5 Å². The number of fused-ring (bicyclic) bond motifs is 1. The van der Waals surface area contributed by atoms with Gasteiger partial charge in [-0.15, -0.1) is 0 Å². The van der Waals surface area contributed by atoms with Gasteiger partial charge in [-0.1, -0.05) is 6.07 Å². The monoisotopic (exact) mass is 380 g/mol. The highest BCUT2D eigenvalue weighted by atomic mass is 19.4. The fraction of sp³-hybridized carbons (Fsp3) is 0.357. The second-order valence-electron chi connectivity index (χ2n) is 4.91. The number of benzene rings is 1. The van der Waals surface area contributed by atoms with E-state index in [1.165, 1.54) is 0 Å². The molecule has 0 aromatic heterocycles. The van der Waals surface area contributed by atoms with E-state index in [0.717, 1.165) is 5.56 Å². The first-order valence-electron chi connectivity index (χ1n) is 6.94. The Labute approximate surface area is 144 Å². The Bertz CT molecular complexity index is 679. The number of rotatable bonds is 5. The average molecular weight is 380 g/mol. The predicted molar refractivity (Wildman–Crippen MR) is 78.3 cm³/mol. The van der Waals surface area contributed by atoms with E-state index in [1.807, 2.05) is 0 Å². The lowest BCUT2D eigenvalue weighted by atomic mass is 10.1. The second kappa shape index (κ2) is 8.89. The average Bonchev–Trinajstić information content (AvgIpc) is 2.99. The molecular weight excluding hydrogens is 365 g/mol. The third-order valence-corrected chi connectivity index (χ3v) is 2.88. The van der Waals surface area contributed by atoms with Crippen LogP contribution in [0.4, 0.5) is 13.2 Å². The number of nitrogens with two attached hydrogens (primary N) is 1. The molecule has 144 valence electrons. The van der Waals surface area contributed by atoms with Gasteiger partial charge >= 0.3 is 18.1 Å². The number of halogens is 3. The smallest absolute Gasteiger partial charge is 0.481 e. The molecule has 1 aromatic rings. The van der Waals surface area contributed by atoms with Gasteiger partial charge in [-0.3, -0.25) is 9.59 Å². The van der Waals surface area contributed by atoms with Crippen molar-refractivity contribution in [1.82, 2.24) is 5.32 Å². The quantitative estimate of drug-likeness (QED) is 0.576. The van der Waals surface area contributed by atoms with Crippen molar-refractivity contribution in [2.75, 3.05) is 6.79 Å². The van der Waals surface area contributed by atoms with Crippen LogP contribution in [0.5, 0.6) is 11.5 Å². The summed E-state index contributed by atoms with van der Waals surface area (Å²) >= 11 is 0. The van der Waals surface area contributed by atoms with Crippen LogP contribution in [0.15, 0.2) is 18.2 Å². The number of carbonyl (C=O) groups is 3. The second-order valence-corrected chi connectivity index (χ2v) is 4.91. The number of alkyl halides is 3. The first-order valence-corrected chi connectivity index (χ1v) is 6.94. The minimum absolute atomic E-state index is 0.189. The van der Waals surface area contributed by atoms with Crippen molar-refractivity contribution in [3.05, 3.63) is 23.8 Å². The molecular formula is C14H15F3N2O7. The van der Waals surface area contributed by atoms with E-state index in [4.69, 9.17) is 30.2 Å². The Kier molecular flexibility index (Phi) is 7.19. The molecule has 1 aliphatic heterocycles. The lowest BCUT2D eigenvalue weighted by molar-refractivity contribution is -0.192. The third kappa shape index (κ3) is 6.84. The Balaban J connectivity index is 0.000000412. The zero-order valence-electron chi connectivity index (χ0n) is 13.1. The zero-order valence-corrected chi connectivity index (χ0v) is 13.1. The molecule has 0 saturated carbocycles. The van der Waals surface area contributed by atoms with Crippen LogP contribution in [0.3, 0.4) is 0 Å². The number of hydrogen-bond donors (Lipinski definition) is 4. The molecule has 9 nitrogen and oxygen atoms in total. The van der Waals surface area contributed by atoms with Crippen LogP contribution in [-0.4, -0.2) is 47.1 Å². The predicted octanol–water partition coefficient (Wildman–Crippen LogP) is 0.467. The third-order valence-electron chi connectivity index (χ3n) is 2.88. The molecule has 1 amide bonds. The van der Waals surface area contributed by atoms with Crippen molar-refractivity contribution in [2.24, 2.45) is 5.73 Å². The Hall–Kier alpha value is -3.02. The van der Waals surface area contributed by atoms with Gasteiger partial charge in [-0.25, -0.2) is 4.79 Å². The minimum atomic E-state index is -5.08. The number of carbonyl (C=O) groups excluding carboxylic acids is 1. The minimum Gasteiger partial charge on any atom is -0.481 e. The molecule has 1 aromatic carbocycles. The number of ether oxygens (including phenoxy) is 2. The first-order chi connectivity index (χ1) is 12.0. The summed E-state index contributed by atoms with van der Waals surface area (Å²) in [6.45, 7) is 0.442. The molecule has 1 heterocycles. The molecule has 2 rings (SSSR count). The van der Waals surface area contributed by atoms with Crippen LogP contribution < -0.4 is 20.5 Å². The standard InChI is InChI=1S/C12H14N2O5.C2HF3O2/c13-8(4-11(15)16)12(17)14-5-7-1-2-9-10(3-7)19-6-18-9;3-2(4,5)1(6)7/h1-3,8H,4-6,13H2,(H,14,17)(H,15,16);(H,6,7)/t8-;/m0./s1. The van der Waals surface area contributed by atoms with E-state index in [-0.39, 0.29) is 13.3 Å². The molecule has 0 spiro atoms. The molecule has 0 saturated heterocycles. The maximum atomic E-state index is 11.5. The van der Waals surface area contributed by atoms with E-state index in [2.05, 4.69) is 5.32 Å². The maximum Gasteiger partial charge on any atom is 0.490 e. The van der Waals surface area contributed by atoms with E-state index in [1.54, 1.807) is 18.2 Å². The number of aliphatic carboxylic acids is 2. The lowest BCUT2D eigenvalue weighted by Gasteiger charge is -2.10. The van der Waals surface area contributed by atoms with E-state index in [9.17, 15) is 22.8 Å². The molecule has 0 aliphatic carbocycles. The summed E-state index contributed by atoms with van der Waals surface area (Å²) in [5.41, 5.74) is 6.25. The van der Waals surface area contributed by atoms with Crippen LogP contribution in [0.1, 0.15) is 12.0 Å². The normalized spacial score (nSPS) is 13.2. The molecule has 1 atom stereocenters. The summed E-state index contributed by atoms with van der Waals surface area (Å²) in [6, 6.07) is 4.24. The number of hydrogen-bond acceptors (Lipinski definition) is 6. The van der Waals surface area contributed by atoms with Crippen molar-refractivity contribution in [1.29, 1.82) is 0 Å². The molecule has 26 heavy (non-hydrogen) atoms. The largest absolute Gasteiger partial charge is 0.490 e. The fourth-order valence-corrected chi connectivity index (χ4v) is 1.65. The van der Waals surface area contributed by atoms with E-state index >= 15 is 0 Å². The summed E-state index contributed by atoms with van der Waals surface area (Å²) in [7, 11) is 0. The first kappa shape index (κ1) is 21.0. The van der Waals surface area contributed by atoms with Crippen LogP contribution in [0.25, 0.3) is 0 Å². The van der Waals surface area contributed by atoms with Gasteiger partial charge in [-0.2, -0.15) is 13.2 Å². The van der Waals surface area contributed by atoms with Crippen LogP contribution in [0.2, 0.25) is 0 Å². The summed E-state index contributed by atoms with van der Waals surface area (Å²) < 4.78 is 42.1. The SMILES string of the molecule is N[C@@H](CC(=O)O)C(=O)NCc1ccc2c(c1)OCO2.O=C(O)C(F)(F)F. The van der Waals surface area contributed by atoms with Crippen molar-refractivity contribution in [2.45, 2.75) is 25.2 Å². The Morgan fingerprint density at radius 3 is 2.31 bits per heavy atom. The van der Waals surface area contributed by atoms with Crippen molar-refractivity contribution < 1.29 is 47.2 Å². The van der Waals surface area contributed by atoms with Gasteiger partial charge in [-0.05, 0) is 17.7 Å². The Morgan fingerprint density at radius 2 is 1.77 bits per heavy atom. The topological polar surface area (TPSA) is 148 Å². The number of carboxylic acid groups (broad SMARTS) is 2. The molecule has 1 aliphatic rings. The van der Waals surface area contributed by atoms with Gasteiger partial charge in [0.1, 0.15) is 0 Å². The summed E-state index contributed by atoms with van der Waals surface area (Å²) in [5, 5.41) is 18.2. The summed E-state index contributed by atoms with van der Waals surface area (Å²) in [4.78, 5) is 30.9. The summed E-state index contributed by atoms with van der Waals surface area (Å²) in [5.74, 6) is -3.07. The van der Waals surface area contributed by atoms with Crippen molar-refractivity contribution in [3.8, 4) is 11.5 Å². The lowest BCUT2D eigenvalue weighted by Crippen LogP contribution is -2.41. The van der Waals surface area contributed by atoms with Gasteiger partial charge in [0, 0.05) is 6.54 Å². The number of carboxylic acids is 2. The highest BCUT2D eigenvalue weighted by molar-refractivity contribution is 5.85. The molecule has 0 radical (unpaired) electrons. The van der Waals surface area contributed by atoms with Gasteiger partial charge in [0.15, 0.2) is 11.5 Å². The molecule has 12 heteroatoms. The summed E-state index contributed by atoms with van der Waals surface area (Å²) in [6.07, 6.45) is -5.48. The van der Waals surface area contributed by atoms with Gasteiger partial charge in [0.05, 0.1) is 12.5 Å². The molecule has 5 N–H and O–H groups in total. The fourth-order valence-electron chi connectivity index (χ4n) is 1.65. The van der Waals surface area contributed by atoms with Crippen molar-refractivity contribution >= 4 is 17.8 Å². The molecule has 0 fully saturated rings. The Morgan fingerprint density at radius 1 is 1.19 bits per heavy atom. The zero-order chi connectivity index (χ0) is 19.9. The molecule has 0 unspecified atom stereocenters. The van der Waals surface area contributed by atoms with Crippen LogP contribution >= 0.6 is 0 Å². The maximum absolute atomic E-state index is 11.5.